The van der Waals surface area contributed by atoms with Gasteiger partial charge in [-0.1, -0.05) is 29.8 Å². The molecule has 1 atom stereocenters. The second kappa shape index (κ2) is 5.21. The molecule has 1 unspecified atom stereocenters. The van der Waals surface area contributed by atoms with Gasteiger partial charge in [-0.25, -0.2) is 4.39 Å². The molecule has 0 saturated carbocycles. The van der Waals surface area contributed by atoms with E-state index in [1.54, 1.807) is 6.07 Å². The summed E-state index contributed by atoms with van der Waals surface area (Å²) in [5.74, 6) is -0.215. The fraction of sp³-hybridized carbons (Fsp3) is 0.250. The lowest BCUT2D eigenvalue weighted by Gasteiger charge is -2.18. The third kappa shape index (κ3) is 2.89. The molecule has 0 amide bonds. The second-order valence-electron chi connectivity index (χ2n) is 4.74. The zero-order valence-electron chi connectivity index (χ0n) is 11.0. The molecule has 0 aliphatic carbocycles. The molecular weight excluding hydrogens is 225 g/mol. The molecule has 0 saturated heterocycles. The maximum atomic E-state index is 13.1. The first-order valence-electron chi connectivity index (χ1n) is 6.15. The van der Waals surface area contributed by atoms with Gasteiger partial charge in [0.1, 0.15) is 5.82 Å². The van der Waals surface area contributed by atoms with Gasteiger partial charge in [0.15, 0.2) is 0 Å². The fourth-order valence-electron chi connectivity index (χ4n) is 2.22. The molecule has 0 spiro atoms. The predicted molar refractivity (Wildman–Crippen MR) is 74.4 cm³/mol. The number of hydrogen-bond acceptors (Lipinski definition) is 1. The van der Waals surface area contributed by atoms with Crippen molar-refractivity contribution in [2.75, 3.05) is 5.32 Å². The molecule has 1 N–H and O–H groups in total. The Balaban J connectivity index is 2.19. The van der Waals surface area contributed by atoms with Crippen LogP contribution in [-0.2, 0) is 0 Å². The molecular formula is C16H18FN. The summed E-state index contributed by atoms with van der Waals surface area (Å²) in [5.41, 5.74) is 4.56. The number of aryl methyl sites for hydroxylation is 2. The highest BCUT2D eigenvalue weighted by Crippen LogP contribution is 2.23. The Labute approximate surface area is 108 Å². The standard InChI is InChI=1S/C16H18FN/c1-11-7-8-16(12(2)9-11)13(3)18-15-6-4-5-14(17)10-15/h4-10,13,18H,1-3H3. The van der Waals surface area contributed by atoms with Gasteiger partial charge in [-0.3, -0.25) is 0 Å². The van der Waals surface area contributed by atoms with Crippen LogP contribution in [0.5, 0.6) is 0 Å². The average Bonchev–Trinajstić information content (AvgIpc) is 2.28. The molecule has 0 heterocycles. The number of nitrogens with one attached hydrogen (secondary N) is 1. The van der Waals surface area contributed by atoms with Crippen molar-refractivity contribution in [3.8, 4) is 0 Å². The molecule has 2 heteroatoms. The maximum Gasteiger partial charge on any atom is 0.125 e. The Morgan fingerprint density at radius 2 is 1.83 bits per heavy atom. The number of halogens is 1. The third-order valence-corrected chi connectivity index (χ3v) is 3.10. The lowest BCUT2D eigenvalue weighted by Crippen LogP contribution is -2.08. The van der Waals surface area contributed by atoms with Gasteiger partial charge in [-0.2, -0.15) is 0 Å². The largest absolute Gasteiger partial charge is 0.378 e. The average molecular weight is 243 g/mol. The summed E-state index contributed by atoms with van der Waals surface area (Å²) >= 11 is 0. The van der Waals surface area contributed by atoms with Gasteiger partial charge >= 0.3 is 0 Å². The minimum Gasteiger partial charge on any atom is -0.378 e. The Morgan fingerprint density at radius 1 is 1.06 bits per heavy atom. The van der Waals surface area contributed by atoms with Crippen LogP contribution < -0.4 is 5.32 Å². The molecule has 94 valence electrons. The zero-order chi connectivity index (χ0) is 13.1. The van der Waals surface area contributed by atoms with Crippen molar-refractivity contribution in [3.63, 3.8) is 0 Å². The Morgan fingerprint density at radius 3 is 2.50 bits per heavy atom. The van der Waals surface area contributed by atoms with E-state index in [1.807, 2.05) is 6.07 Å². The Hall–Kier alpha value is -1.83. The minimum absolute atomic E-state index is 0.160. The summed E-state index contributed by atoms with van der Waals surface area (Å²) in [6, 6.07) is 13.1. The summed E-state index contributed by atoms with van der Waals surface area (Å²) in [5, 5.41) is 3.32. The highest BCUT2D eigenvalue weighted by atomic mass is 19.1. The highest BCUT2D eigenvalue weighted by Gasteiger charge is 2.08. The molecule has 0 aromatic heterocycles. The van der Waals surface area contributed by atoms with Crippen molar-refractivity contribution in [1.29, 1.82) is 0 Å². The molecule has 0 radical (unpaired) electrons. The van der Waals surface area contributed by atoms with Crippen LogP contribution in [0.4, 0.5) is 10.1 Å². The van der Waals surface area contributed by atoms with Gasteiger partial charge in [-0.15, -0.1) is 0 Å². The lowest BCUT2D eigenvalue weighted by atomic mass is 10.00. The fourth-order valence-corrected chi connectivity index (χ4v) is 2.22. The first-order chi connectivity index (χ1) is 8.56. The van der Waals surface area contributed by atoms with Gasteiger partial charge in [0.2, 0.25) is 0 Å². The molecule has 2 aromatic rings. The highest BCUT2D eigenvalue weighted by molar-refractivity contribution is 5.46. The summed E-state index contributed by atoms with van der Waals surface area (Å²) in [6.07, 6.45) is 0. The Bertz CT molecular complexity index is 549. The molecule has 2 aromatic carbocycles. The normalized spacial score (nSPS) is 12.2. The van der Waals surface area contributed by atoms with Crippen LogP contribution in [0.3, 0.4) is 0 Å². The van der Waals surface area contributed by atoms with E-state index in [1.165, 1.54) is 28.8 Å². The molecule has 1 nitrogen and oxygen atoms in total. The van der Waals surface area contributed by atoms with Crippen LogP contribution in [0, 0.1) is 19.7 Å². The van der Waals surface area contributed by atoms with Crippen LogP contribution in [0.2, 0.25) is 0 Å². The predicted octanol–water partition coefficient (Wildman–Crippen LogP) is 4.62. The van der Waals surface area contributed by atoms with Gasteiger partial charge in [0.05, 0.1) is 0 Å². The van der Waals surface area contributed by atoms with E-state index < -0.39 is 0 Å². The number of rotatable bonds is 3. The molecule has 18 heavy (non-hydrogen) atoms. The summed E-state index contributed by atoms with van der Waals surface area (Å²) in [6.45, 7) is 6.27. The molecule has 0 bridgehead atoms. The zero-order valence-corrected chi connectivity index (χ0v) is 11.0. The topological polar surface area (TPSA) is 12.0 Å². The number of hydrogen-bond donors (Lipinski definition) is 1. The van der Waals surface area contributed by atoms with E-state index >= 15 is 0 Å². The van der Waals surface area contributed by atoms with Gasteiger partial charge in [-0.05, 0) is 50.1 Å². The van der Waals surface area contributed by atoms with Crippen molar-refractivity contribution in [2.24, 2.45) is 0 Å². The van der Waals surface area contributed by atoms with Crippen molar-refractivity contribution < 1.29 is 4.39 Å². The Kier molecular flexibility index (Phi) is 3.66. The first-order valence-corrected chi connectivity index (χ1v) is 6.15. The van der Waals surface area contributed by atoms with Crippen molar-refractivity contribution in [2.45, 2.75) is 26.8 Å². The first kappa shape index (κ1) is 12.6. The van der Waals surface area contributed by atoms with E-state index in [0.29, 0.717) is 0 Å². The van der Waals surface area contributed by atoms with E-state index in [9.17, 15) is 4.39 Å². The van der Waals surface area contributed by atoms with E-state index in [4.69, 9.17) is 0 Å². The lowest BCUT2D eigenvalue weighted by molar-refractivity contribution is 0.628. The van der Waals surface area contributed by atoms with Gasteiger partial charge < -0.3 is 5.32 Å². The third-order valence-electron chi connectivity index (χ3n) is 3.10. The van der Waals surface area contributed by atoms with Crippen molar-refractivity contribution in [1.82, 2.24) is 0 Å². The van der Waals surface area contributed by atoms with Crippen molar-refractivity contribution >= 4 is 5.69 Å². The SMILES string of the molecule is Cc1ccc(C(C)Nc2cccc(F)c2)c(C)c1. The summed E-state index contributed by atoms with van der Waals surface area (Å²) < 4.78 is 13.1. The maximum absolute atomic E-state index is 13.1. The van der Waals surface area contributed by atoms with Crippen LogP contribution in [0.25, 0.3) is 0 Å². The van der Waals surface area contributed by atoms with Gasteiger partial charge in [0.25, 0.3) is 0 Å². The van der Waals surface area contributed by atoms with Gasteiger partial charge in [0, 0.05) is 11.7 Å². The molecule has 0 aliphatic rings. The number of benzene rings is 2. The summed E-state index contributed by atoms with van der Waals surface area (Å²) in [4.78, 5) is 0. The molecule has 2 rings (SSSR count). The molecule has 0 fully saturated rings. The second-order valence-corrected chi connectivity index (χ2v) is 4.74. The van der Waals surface area contributed by atoms with Crippen LogP contribution in [0.1, 0.15) is 29.7 Å². The van der Waals surface area contributed by atoms with Crippen LogP contribution in [-0.4, -0.2) is 0 Å². The summed E-state index contributed by atoms with van der Waals surface area (Å²) in [7, 11) is 0. The minimum atomic E-state index is -0.215. The van der Waals surface area contributed by atoms with E-state index in [0.717, 1.165) is 5.69 Å². The molecule has 0 aliphatic heterocycles. The van der Waals surface area contributed by atoms with Crippen LogP contribution in [0.15, 0.2) is 42.5 Å². The van der Waals surface area contributed by atoms with Crippen LogP contribution >= 0.6 is 0 Å². The van der Waals surface area contributed by atoms with E-state index in [2.05, 4.69) is 44.3 Å². The smallest absolute Gasteiger partial charge is 0.125 e. The monoisotopic (exact) mass is 243 g/mol. The van der Waals surface area contributed by atoms with E-state index in [-0.39, 0.29) is 11.9 Å². The quantitative estimate of drug-likeness (QED) is 0.829. The van der Waals surface area contributed by atoms with Crippen molar-refractivity contribution in [3.05, 3.63) is 65.0 Å². The number of anilines is 1.